The molecule has 5 nitrogen and oxygen atoms in total. The van der Waals surface area contributed by atoms with Crippen LogP contribution in [0.5, 0.6) is 0 Å². The molecule has 2 aromatic rings. The second-order valence-electron chi connectivity index (χ2n) is 3.30. The zero-order valence-electron chi connectivity index (χ0n) is 8.27. The molecule has 0 spiro atoms. The summed E-state index contributed by atoms with van der Waals surface area (Å²) < 4.78 is 0. The van der Waals surface area contributed by atoms with Gasteiger partial charge in [-0.3, -0.25) is 4.79 Å². The van der Waals surface area contributed by atoms with Crippen molar-refractivity contribution in [1.82, 2.24) is 15.0 Å². The minimum absolute atomic E-state index is 0.471. The Morgan fingerprint density at radius 3 is 3.07 bits per heavy atom. The van der Waals surface area contributed by atoms with Crippen molar-refractivity contribution in [2.24, 2.45) is 0 Å². The Balaban J connectivity index is 2.47. The van der Waals surface area contributed by atoms with E-state index in [9.17, 15) is 4.79 Å². The molecule has 0 aromatic carbocycles. The number of imidazole rings is 1. The minimum Gasteiger partial charge on any atom is -0.481 e. The lowest BCUT2D eigenvalue weighted by molar-refractivity contribution is -0.139. The normalized spacial score (nSPS) is 12.9. The number of aromatic amines is 1. The van der Waals surface area contributed by atoms with Crippen molar-refractivity contribution in [1.29, 1.82) is 0 Å². The predicted molar refractivity (Wildman–Crippen MR) is 54.6 cm³/mol. The molecule has 2 N–H and O–H groups in total. The molecule has 0 aliphatic heterocycles. The number of carbonyl (C=O) groups is 1. The van der Waals surface area contributed by atoms with Gasteiger partial charge in [0, 0.05) is 6.20 Å². The summed E-state index contributed by atoms with van der Waals surface area (Å²) in [6.07, 6.45) is 2.14. The van der Waals surface area contributed by atoms with Crippen LogP contribution in [0.3, 0.4) is 0 Å². The fourth-order valence-electron chi connectivity index (χ4n) is 1.51. The smallest absolute Gasteiger partial charge is 0.314 e. The Kier molecular flexibility index (Phi) is 2.37. The van der Waals surface area contributed by atoms with Crippen LogP contribution < -0.4 is 0 Å². The molecule has 0 amide bonds. The van der Waals surface area contributed by atoms with Crippen molar-refractivity contribution in [3.63, 3.8) is 0 Å². The van der Waals surface area contributed by atoms with E-state index in [0.29, 0.717) is 17.9 Å². The highest BCUT2D eigenvalue weighted by Gasteiger charge is 2.21. The molecule has 2 heterocycles. The Morgan fingerprint density at radius 2 is 2.47 bits per heavy atom. The summed E-state index contributed by atoms with van der Waals surface area (Å²) in [7, 11) is 0. The number of rotatable bonds is 3. The molecule has 1 atom stereocenters. The van der Waals surface area contributed by atoms with E-state index >= 15 is 0 Å². The third-order valence-corrected chi connectivity index (χ3v) is 2.31. The average molecular weight is 205 g/mol. The number of hydrogen-bond acceptors (Lipinski definition) is 3. The Bertz CT molecular complexity index is 459. The molecule has 0 saturated carbocycles. The lowest BCUT2D eigenvalue weighted by Gasteiger charge is -2.04. The van der Waals surface area contributed by atoms with Crippen LogP contribution in [0.15, 0.2) is 18.3 Å². The summed E-state index contributed by atoms with van der Waals surface area (Å²) in [5, 5.41) is 8.97. The summed E-state index contributed by atoms with van der Waals surface area (Å²) in [5.41, 5.74) is 1.33. The van der Waals surface area contributed by atoms with Gasteiger partial charge in [-0.25, -0.2) is 9.97 Å². The van der Waals surface area contributed by atoms with E-state index in [4.69, 9.17) is 5.11 Å². The van der Waals surface area contributed by atoms with Crippen LogP contribution in [-0.2, 0) is 4.79 Å². The monoisotopic (exact) mass is 205 g/mol. The Labute approximate surface area is 86.2 Å². The predicted octanol–water partition coefficient (Wildman–Crippen LogP) is 1.54. The van der Waals surface area contributed by atoms with Gasteiger partial charge in [-0.05, 0) is 18.6 Å². The van der Waals surface area contributed by atoms with Gasteiger partial charge in [0.25, 0.3) is 0 Å². The zero-order chi connectivity index (χ0) is 10.8. The van der Waals surface area contributed by atoms with Gasteiger partial charge in [-0.15, -0.1) is 0 Å². The maximum absolute atomic E-state index is 10.9. The number of nitrogens with one attached hydrogen (secondary N) is 1. The number of pyridine rings is 1. The van der Waals surface area contributed by atoms with E-state index in [1.54, 1.807) is 12.3 Å². The summed E-state index contributed by atoms with van der Waals surface area (Å²) in [6, 6.07) is 3.61. The second-order valence-corrected chi connectivity index (χ2v) is 3.30. The Hall–Kier alpha value is -1.91. The molecule has 1 unspecified atom stereocenters. The van der Waals surface area contributed by atoms with Crippen molar-refractivity contribution < 1.29 is 9.90 Å². The van der Waals surface area contributed by atoms with Crippen molar-refractivity contribution in [3.05, 3.63) is 24.2 Å². The van der Waals surface area contributed by atoms with Crippen LogP contribution >= 0.6 is 0 Å². The standard InChI is InChI=1S/C10H11N3O2/c1-2-6(10(14)15)8-12-7-4-3-5-11-9(7)13-8/h3-6H,2H2,1H3,(H,14,15)(H,11,12,13). The summed E-state index contributed by atoms with van der Waals surface area (Å²) in [4.78, 5) is 22.1. The number of aromatic nitrogens is 3. The van der Waals surface area contributed by atoms with Gasteiger partial charge < -0.3 is 10.1 Å². The number of fused-ring (bicyclic) bond motifs is 1. The highest BCUT2D eigenvalue weighted by atomic mass is 16.4. The third-order valence-electron chi connectivity index (χ3n) is 2.31. The van der Waals surface area contributed by atoms with E-state index in [-0.39, 0.29) is 0 Å². The van der Waals surface area contributed by atoms with Crippen LogP contribution in [0.1, 0.15) is 25.1 Å². The highest BCUT2D eigenvalue weighted by molar-refractivity contribution is 5.77. The number of nitrogens with zero attached hydrogens (tertiary/aromatic N) is 2. The lowest BCUT2D eigenvalue weighted by atomic mass is 10.1. The van der Waals surface area contributed by atoms with Gasteiger partial charge in [-0.2, -0.15) is 0 Å². The third kappa shape index (κ3) is 1.68. The van der Waals surface area contributed by atoms with Gasteiger partial charge in [0.15, 0.2) is 5.65 Å². The molecule has 0 radical (unpaired) electrons. The summed E-state index contributed by atoms with van der Waals surface area (Å²) in [5.74, 6) is -0.977. The molecule has 0 saturated heterocycles. The van der Waals surface area contributed by atoms with Gasteiger partial charge >= 0.3 is 5.97 Å². The first-order valence-corrected chi connectivity index (χ1v) is 4.75. The fraction of sp³-hybridized carbons (Fsp3) is 0.300. The topological polar surface area (TPSA) is 78.9 Å². The van der Waals surface area contributed by atoms with Crippen LogP contribution in [0.4, 0.5) is 0 Å². The highest BCUT2D eigenvalue weighted by Crippen LogP contribution is 2.19. The molecule has 0 fully saturated rings. The second kappa shape index (κ2) is 3.68. The summed E-state index contributed by atoms with van der Waals surface area (Å²) >= 11 is 0. The first kappa shape index (κ1) is 9.64. The maximum atomic E-state index is 10.9. The Morgan fingerprint density at radius 1 is 1.67 bits per heavy atom. The number of H-pyrrole nitrogens is 1. The molecule has 2 rings (SSSR count). The molecular weight excluding hydrogens is 194 g/mol. The maximum Gasteiger partial charge on any atom is 0.314 e. The molecule has 0 aliphatic carbocycles. The van der Waals surface area contributed by atoms with Gasteiger partial charge in [0.05, 0.1) is 5.52 Å². The summed E-state index contributed by atoms with van der Waals surface area (Å²) in [6.45, 7) is 1.82. The van der Waals surface area contributed by atoms with E-state index < -0.39 is 11.9 Å². The molecule has 15 heavy (non-hydrogen) atoms. The van der Waals surface area contributed by atoms with Crippen LogP contribution in [0, 0.1) is 0 Å². The van der Waals surface area contributed by atoms with Crippen LogP contribution in [-0.4, -0.2) is 26.0 Å². The average Bonchev–Trinajstić information content (AvgIpc) is 2.61. The van der Waals surface area contributed by atoms with Gasteiger partial charge in [0.1, 0.15) is 11.7 Å². The van der Waals surface area contributed by atoms with Gasteiger partial charge in [0.2, 0.25) is 0 Å². The van der Waals surface area contributed by atoms with Gasteiger partial charge in [-0.1, -0.05) is 6.92 Å². The lowest BCUT2D eigenvalue weighted by Crippen LogP contribution is -2.11. The van der Waals surface area contributed by atoms with E-state index in [1.807, 2.05) is 13.0 Å². The van der Waals surface area contributed by atoms with E-state index in [0.717, 1.165) is 5.52 Å². The molecule has 78 valence electrons. The largest absolute Gasteiger partial charge is 0.481 e. The number of hydrogen-bond donors (Lipinski definition) is 2. The fourth-order valence-corrected chi connectivity index (χ4v) is 1.51. The van der Waals surface area contributed by atoms with Crippen LogP contribution in [0.2, 0.25) is 0 Å². The SMILES string of the molecule is CCC(C(=O)O)c1nc2ncccc2[nH]1. The molecule has 2 aromatic heterocycles. The molecule has 0 aliphatic rings. The minimum atomic E-state index is -0.864. The van der Waals surface area contributed by atoms with Crippen molar-refractivity contribution in [3.8, 4) is 0 Å². The van der Waals surface area contributed by atoms with Crippen molar-refractivity contribution in [2.75, 3.05) is 0 Å². The number of aliphatic carboxylic acids is 1. The van der Waals surface area contributed by atoms with Crippen molar-refractivity contribution >= 4 is 17.1 Å². The molecular formula is C10H11N3O2. The first-order valence-electron chi connectivity index (χ1n) is 4.75. The van der Waals surface area contributed by atoms with Crippen LogP contribution in [0.25, 0.3) is 11.2 Å². The van der Waals surface area contributed by atoms with E-state index in [2.05, 4.69) is 15.0 Å². The number of carboxylic acid groups (broad SMARTS) is 1. The quantitative estimate of drug-likeness (QED) is 0.796. The zero-order valence-corrected chi connectivity index (χ0v) is 8.27. The first-order chi connectivity index (χ1) is 7.22. The molecule has 5 heteroatoms. The van der Waals surface area contributed by atoms with Crippen molar-refractivity contribution in [2.45, 2.75) is 19.3 Å². The number of carboxylic acids is 1. The molecule has 0 bridgehead atoms. The van der Waals surface area contributed by atoms with E-state index in [1.165, 1.54) is 0 Å².